The summed E-state index contributed by atoms with van der Waals surface area (Å²) in [4.78, 5) is 34.6. The second kappa shape index (κ2) is 8.44. The quantitative estimate of drug-likeness (QED) is 0.282. The lowest BCUT2D eigenvalue weighted by molar-refractivity contribution is -0.190. The van der Waals surface area contributed by atoms with Crippen LogP contribution in [-0.4, -0.2) is 11.8 Å². The molecule has 0 aromatic heterocycles. The number of carbonyl (C=O) groups excluding carboxylic acids is 2. The molecule has 3 rings (SSSR count). The van der Waals surface area contributed by atoms with Gasteiger partial charge in [-0.2, -0.15) is 0 Å². The number of carbonyl (C=O) groups is 2. The van der Waals surface area contributed by atoms with Crippen LogP contribution in [0.15, 0.2) is 91.2 Å². The summed E-state index contributed by atoms with van der Waals surface area (Å²) in [5, 5.41) is 0. The first kappa shape index (κ1) is 17.2. The molecule has 0 radical (unpaired) electrons. The summed E-state index contributed by atoms with van der Waals surface area (Å²) in [6.07, 6.45) is 2.93. The Morgan fingerprint density at radius 2 is 1.27 bits per heavy atom. The van der Waals surface area contributed by atoms with E-state index in [1.165, 1.54) is 12.3 Å². The Hall–Kier alpha value is -3.66. The number of benzene rings is 3. The zero-order valence-corrected chi connectivity index (χ0v) is 13.9. The van der Waals surface area contributed by atoms with E-state index in [0.29, 0.717) is 5.56 Å². The Morgan fingerprint density at radius 1 is 0.692 bits per heavy atom. The molecular formula is C22H16O4. The van der Waals surface area contributed by atoms with Gasteiger partial charge in [0.05, 0.1) is 5.56 Å². The Balaban J connectivity index is 1.70. The molecule has 3 aromatic rings. The Labute approximate surface area is 151 Å². The topological polar surface area (TPSA) is 52.6 Å². The standard InChI is InChI=1S/C22H16O4/c23-21(18-11-5-2-6-12-18)19-13-7-8-14-20(19)22(24)26-25-16-15-17-9-3-1-4-10-17/h1-16H. The van der Waals surface area contributed by atoms with Gasteiger partial charge in [-0.3, -0.25) is 9.68 Å². The summed E-state index contributed by atoms with van der Waals surface area (Å²) in [5.41, 5.74) is 1.81. The number of ketones is 1. The van der Waals surface area contributed by atoms with E-state index in [9.17, 15) is 9.59 Å². The Kier molecular flexibility index (Phi) is 5.58. The van der Waals surface area contributed by atoms with Gasteiger partial charge in [-0.25, -0.2) is 9.68 Å². The fourth-order valence-electron chi connectivity index (χ4n) is 2.39. The number of hydrogen-bond donors (Lipinski definition) is 0. The van der Waals surface area contributed by atoms with Gasteiger partial charge in [-0.15, -0.1) is 0 Å². The summed E-state index contributed by atoms with van der Waals surface area (Å²) in [6, 6.07) is 24.7. The van der Waals surface area contributed by atoms with Crippen molar-refractivity contribution >= 4 is 17.8 Å². The molecule has 0 saturated carbocycles. The molecule has 0 bridgehead atoms. The molecule has 0 heterocycles. The highest BCUT2D eigenvalue weighted by Crippen LogP contribution is 2.16. The maximum Gasteiger partial charge on any atom is 0.386 e. The van der Waals surface area contributed by atoms with E-state index in [4.69, 9.17) is 9.78 Å². The van der Waals surface area contributed by atoms with Crippen molar-refractivity contribution in [3.63, 3.8) is 0 Å². The lowest BCUT2D eigenvalue weighted by Gasteiger charge is -2.07. The first-order chi connectivity index (χ1) is 12.8. The van der Waals surface area contributed by atoms with E-state index < -0.39 is 5.97 Å². The highest BCUT2D eigenvalue weighted by atomic mass is 17.2. The SMILES string of the molecule is O=C(OOC=Cc1ccccc1)c1ccccc1C(=O)c1ccccc1. The molecule has 0 atom stereocenters. The van der Waals surface area contributed by atoms with Gasteiger partial charge in [0.25, 0.3) is 0 Å². The molecule has 128 valence electrons. The summed E-state index contributed by atoms with van der Waals surface area (Å²) < 4.78 is 0. The van der Waals surface area contributed by atoms with Crippen LogP contribution in [0.5, 0.6) is 0 Å². The molecule has 3 aromatic carbocycles. The average molecular weight is 344 g/mol. The third-order valence-electron chi connectivity index (χ3n) is 3.67. The maximum absolute atomic E-state index is 12.6. The summed E-state index contributed by atoms with van der Waals surface area (Å²) in [7, 11) is 0. The van der Waals surface area contributed by atoms with Crippen molar-refractivity contribution < 1.29 is 19.4 Å². The van der Waals surface area contributed by atoms with Crippen molar-refractivity contribution in [3.05, 3.63) is 113 Å². The first-order valence-electron chi connectivity index (χ1n) is 8.04. The van der Waals surface area contributed by atoms with E-state index in [2.05, 4.69) is 0 Å². The zero-order valence-electron chi connectivity index (χ0n) is 13.9. The third-order valence-corrected chi connectivity index (χ3v) is 3.67. The minimum absolute atomic E-state index is 0.148. The van der Waals surface area contributed by atoms with Gasteiger partial charge in [0, 0.05) is 11.1 Å². The summed E-state index contributed by atoms with van der Waals surface area (Å²) in [6.45, 7) is 0. The van der Waals surface area contributed by atoms with Crippen molar-refractivity contribution in [1.82, 2.24) is 0 Å². The van der Waals surface area contributed by atoms with Crippen molar-refractivity contribution in [3.8, 4) is 0 Å². The molecule has 4 nitrogen and oxygen atoms in total. The van der Waals surface area contributed by atoms with Gasteiger partial charge in [0.1, 0.15) is 6.26 Å². The van der Waals surface area contributed by atoms with Crippen LogP contribution in [0.2, 0.25) is 0 Å². The molecule has 0 aliphatic carbocycles. The molecule has 0 saturated heterocycles. The molecule has 0 spiro atoms. The van der Waals surface area contributed by atoms with Gasteiger partial charge in [0.2, 0.25) is 0 Å². The molecule has 0 fully saturated rings. The van der Waals surface area contributed by atoms with Crippen LogP contribution in [0, 0.1) is 0 Å². The highest BCUT2D eigenvalue weighted by Gasteiger charge is 2.19. The van der Waals surface area contributed by atoms with Crippen molar-refractivity contribution in [2.75, 3.05) is 0 Å². The molecule has 0 N–H and O–H groups in total. The van der Waals surface area contributed by atoms with Crippen LogP contribution in [0.25, 0.3) is 6.08 Å². The van der Waals surface area contributed by atoms with Crippen LogP contribution in [0.3, 0.4) is 0 Å². The van der Waals surface area contributed by atoms with Crippen LogP contribution < -0.4 is 0 Å². The lowest BCUT2D eigenvalue weighted by atomic mass is 9.98. The first-order valence-corrected chi connectivity index (χ1v) is 8.04. The van der Waals surface area contributed by atoms with Crippen LogP contribution in [0.1, 0.15) is 31.8 Å². The smallest absolute Gasteiger partial charge is 0.295 e. The third kappa shape index (κ3) is 4.24. The average Bonchev–Trinajstić information content (AvgIpc) is 2.72. The van der Waals surface area contributed by atoms with Crippen LogP contribution in [-0.2, 0) is 9.78 Å². The highest BCUT2D eigenvalue weighted by molar-refractivity contribution is 6.14. The van der Waals surface area contributed by atoms with E-state index in [0.717, 1.165) is 5.56 Å². The van der Waals surface area contributed by atoms with Gasteiger partial charge in [-0.1, -0.05) is 78.9 Å². The van der Waals surface area contributed by atoms with Crippen molar-refractivity contribution in [2.24, 2.45) is 0 Å². The van der Waals surface area contributed by atoms with Gasteiger partial charge >= 0.3 is 5.97 Å². The van der Waals surface area contributed by atoms with Crippen LogP contribution >= 0.6 is 0 Å². The second-order valence-corrected chi connectivity index (χ2v) is 5.42. The largest absolute Gasteiger partial charge is 0.386 e. The Bertz CT molecular complexity index is 915. The maximum atomic E-state index is 12.6. The fraction of sp³-hybridized carbons (Fsp3) is 0. The predicted molar refractivity (Wildman–Crippen MR) is 98.3 cm³/mol. The second-order valence-electron chi connectivity index (χ2n) is 5.42. The van der Waals surface area contributed by atoms with Crippen LogP contribution in [0.4, 0.5) is 0 Å². The van der Waals surface area contributed by atoms with Crippen molar-refractivity contribution in [2.45, 2.75) is 0 Å². The summed E-state index contributed by atoms with van der Waals surface area (Å²) in [5.74, 6) is -0.986. The number of rotatable bonds is 6. The van der Waals surface area contributed by atoms with E-state index >= 15 is 0 Å². The van der Waals surface area contributed by atoms with Crippen molar-refractivity contribution in [1.29, 1.82) is 0 Å². The normalized spacial score (nSPS) is 10.5. The molecule has 26 heavy (non-hydrogen) atoms. The fourth-order valence-corrected chi connectivity index (χ4v) is 2.39. The van der Waals surface area contributed by atoms with Gasteiger partial charge in [-0.05, 0) is 17.7 Å². The zero-order chi connectivity index (χ0) is 18.2. The molecule has 0 unspecified atom stereocenters. The number of hydrogen-bond acceptors (Lipinski definition) is 4. The molecule has 4 heteroatoms. The van der Waals surface area contributed by atoms with E-state index in [-0.39, 0.29) is 16.9 Å². The molecule has 0 amide bonds. The van der Waals surface area contributed by atoms with E-state index in [1.807, 2.05) is 36.4 Å². The molecular weight excluding hydrogens is 328 g/mol. The van der Waals surface area contributed by atoms with Gasteiger partial charge in [0.15, 0.2) is 5.78 Å². The predicted octanol–water partition coefficient (Wildman–Crippen LogP) is 4.68. The lowest BCUT2D eigenvalue weighted by Crippen LogP contribution is -2.12. The summed E-state index contributed by atoms with van der Waals surface area (Å²) >= 11 is 0. The van der Waals surface area contributed by atoms with E-state index in [1.54, 1.807) is 48.5 Å². The van der Waals surface area contributed by atoms with Gasteiger partial charge < -0.3 is 0 Å². The molecule has 0 aliphatic rings. The monoisotopic (exact) mass is 344 g/mol. The Morgan fingerprint density at radius 3 is 1.96 bits per heavy atom. The minimum atomic E-state index is -0.734. The minimum Gasteiger partial charge on any atom is -0.295 e. The molecule has 0 aliphatic heterocycles.